The quantitative estimate of drug-likeness (QED) is 0.290. The summed E-state index contributed by atoms with van der Waals surface area (Å²) in [5, 5.41) is 9.80. The number of aryl methyl sites for hydroxylation is 1. The minimum absolute atomic E-state index is 0.0343. The smallest absolute Gasteiger partial charge is 0.273 e. The molecule has 4 rings (SSSR count). The highest BCUT2D eigenvalue weighted by Crippen LogP contribution is 2.61. The first kappa shape index (κ1) is 27.5. The second-order valence-corrected chi connectivity index (χ2v) is 9.60. The van der Waals surface area contributed by atoms with Gasteiger partial charge in [-0.3, -0.25) is 14.4 Å². The number of aromatic nitrogens is 3. The topological polar surface area (TPSA) is 80.4 Å². The second-order valence-electron chi connectivity index (χ2n) is 9.22. The Morgan fingerprint density at radius 2 is 1.84 bits per heavy atom. The van der Waals surface area contributed by atoms with Crippen molar-refractivity contribution in [1.29, 1.82) is 0 Å². The van der Waals surface area contributed by atoms with Crippen LogP contribution >= 0.6 is 11.6 Å². The third-order valence-corrected chi connectivity index (χ3v) is 6.98. The average Bonchev–Trinajstić information content (AvgIpc) is 3.54. The molecule has 38 heavy (non-hydrogen) atoms. The van der Waals surface area contributed by atoms with Crippen molar-refractivity contribution in [3.63, 3.8) is 0 Å². The molecule has 1 aliphatic carbocycles. The molecule has 1 fully saturated rings. The van der Waals surface area contributed by atoms with E-state index in [1.54, 1.807) is 51.3 Å². The van der Waals surface area contributed by atoms with Gasteiger partial charge in [-0.05, 0) is 73.9 Å². The number of hydrogen-bond donors (Lipinski definition) is 1. The molecule has 1 saturated carbocycles. The zero-order valence-corrected chi connectivity index (χ0v) is 21.9. The van der Waals surface area contributed by atoms with Crippen molar-refractivity contribution >= 4 is 23.5 Å². The molecular formula is C28H26ClF3N4O2. The lowest BCUT2D eigenvalue weighted by molar-refractivity contribution is 0.189. The van der Waals surface area contributed by atoms with Crippen LogP contribution in [0.4, 0.5) is 13.2 Å². The number of nitrogens with zero attached hydrogens (tertiary/aromatic N) is 4. The summed E-state index contributed by atoms with van der Waals surface area (Å²) in [5.74, 6) is -3.86. The molecule has 2 aromatic heterocycles. The van der Waals surface area contributed by atoms with Crippen molar-refractivity contribution in [3.05, 3.63) is 110 Å². The van der Waals surface area contributed by atoms with Crippen molar-refractivity contribution in [2.75, 3.05) is 0 Å². The van der Waals surface area contributed by atoms with E-state index in [-0.39, 0.29) is 28.2 Å². The largest absolute Gasteiger partial charge is 0.385 e. The number of pyridine rings is 1. The van der Waals surface area contributed by atoms with Crippen LogP contribution in [0.2, 0.25) is 5.02 Å². The van der Waals surface area contributed by atoms with E-state index in [1.165, 1.54) is 17.0 Å². The van der Waals surface area contributed by atoms with Crippen LogP contribution in [0.1, 0.15) is 67.1 Å². The SMILES string of the molecule is C/C=C/N=C(/C=C/n1c(C)cc(C2C(C)C2c2cc(F)c(F)cc2F)c(Cl)c1=O)c1ccnc(C(C)O)n1. The fourth-order valence-electron chi connectivity index (χ4n) is 4.60. The van der Waals surface area contributed by atoms with E-state index in [4.69, 9.17) is 11.6 Å². The number of benzene rings is 1. The summed E-state index contributed by atoms with van der Waals surface area (Å²) in [5.41, 5.74) is 1.53. The number of aliphatic hydroxyl groups excluding tert-OH is 1. The maximum absolute atomic E-state index is 14.4. The normalized spacial score (nSPS) is 20.4. The van der Waals surface area contributed by atoms with Crippen LogP contribution in [0.25, 0.3) is 6.20 Å². The van der Waals surface area contributed by atoms with Crippen LogP contribution < -0.4 is 5.56 Å². The Morgan fingerprint density at radius 1 is 1.16 bits per heavy atom. The molecule has 4 unspecified atom stereocenters. The van der Waals surface area contributed by atoms with Gasteiger partial charge in [0, 0.05) is 30.4 Å². The van der Waals surface area contributed by atoms with E-state index in [9.17, 15) is 23.1 Å². The molecule has 2 heterocycles. The molecular weight excluding hydrogens is 517 g/mol. The first-order valence-corrected chi connectivity index (χ1v) is 12.4. The van der Waals surface area contributed by atoms with Gasteiger partial charge in [-0.15, -0.1) is 0 Å². The lowest BCUT2D eigenvalue weighted by Gasteiger charge is -2.11. The molecule has 198 valence electrons. The Balaban J connectivity index is 1.69. The van der Waals surface area contributed by atoms with E-state index < -0.39 is 35.0 Å². The molecule has 6 nitrogen and oxygen atoms in total. The van der Waals surface area contributed by atoms with Gasteiger partial charge in [-0.25, -0.2) is 23.1 Å². The fraction of sp³-hybridized carbons (Fsp3) is 0.286. The molecule has 0 bridgehead atoms. The first-order chi connectivity index (χ1) is 18.0. The number of halogens is 4. The highest BCUT2D eigenvalue weighted by atomic mass is 35.5. The van der Waals surface area contributed by atoms with E-state index in [2.05, 4.69) is 15.0 Å². The maximum atomic E-state index is 14.4. The van der Waals surface area contributed by atoms with Crippen LogP contribution in [0.3, 0.4) is 0 Å². The van der Waals surface area contributed by atoms with Gasteiger partial charge in [0.05, 0.1) is 11.4 Å². The minimum atomic E-state index is -1.25. The van der Waals surface area contributed by atoms with E-state index >= 15 is 0 Å². The molecule has 0 spiro atoms. The van der Waals surface area contributed by atoms with Gasteiger partial charge in [0.25, 0.3) is 5.56 Å². The summed E-state index contributed by atoms with van der Waals surface area (Å²) in [6, 6.07) is 4.79. The molecule has 1 N–H and O–H groups in total. The molecule has 0 amide bonds. The summed E-state index contributed by atoms with van der Waals surface area (Å²) in [7, 11) is 0. The van der Waals surface area contributed by atoms with Gasteiger partial charge in [0.15, 0.2) is 17.5 Å². The Kier molecular flexibility index (Phi) is 7.99. The van der Waals surface area contributed by atoms with Crippen LogP contribution in [-0.2, 0) is 0 Å². The Hall–Kier alpha value is -3.56. The van der Waals surface area contributed by atoms with Crippen LogP contribution in [-0.4, -0.2) is 25.4 Å². The monoisotopic (exact) mass is 542 g/mol. The van der Waals surface area contributed by atoms with Gasteiger partial charge in [-0.2, -0.15) is 0 Å². The van der Waals surface area contributed by atoms with Gasteiger partial charge in [0.1, 0.15) is 16.9 Å². The highest BCUT2D eigenvalue weighted by molar-refractivity contribution is 6.31. The lowest BCUT2D eigenvalue weighted by Crippen LogP contribution is -2.20. The van der Waals surface area contributed by atoms with Gasteiger partial charge >= 0.3 is 0 Å². The van der Waals surface area contributed by atoms with Gasteiger partial charge in [0.2, 0.25) is 0 Å². The second kappa shape index (κ2) is 11.0. The molecule has 10 heteroatoms. The number of allylic oxidation sites excluding steroid dienone is 2. The molecule has 0 radical (unpaired) electrons. The van der Waals surface area contributed by atoms with Crippen molar-refractivity contribution in [2.45, 2.75) is 45.6 Å². The van der Waals surface area contributed by atoms with Crippen LogP contribution in [0, 0.1) is 30.3 Å². The minimum Gasteiger partial charge on any atom is -0.385 e. The Labute approximate surface area is 222 Å². The van der Waals surface area contributed by atoms with Crippen LogP contribution in [0.15, 0.2) is 58.6 Å². The zero-order chi connectivity index (χ0) is 27.7. The Morgan fingerprint density at radius 3 is 2.53 bits per heavy atom. The van der Waals surface area contributed by atoms with Gasteiger partial charge in [-0.1, -0.05) is 24.6 Å². The number of hydrogen-bond acceptors (Lipinski definition) is 5. The molecule has 3 aromatic rings. The summed E-state index contributed by atoms with van der Waals surface area (Å²) in [4.78, 5) is 26.0. The molecule has 1 aliphatic rings. The molecule has 0 saturated heterocycles. The van der Waals surface area contributed by atoms with Crippen molar-refractivity contribution in [2.24, 2.45) is 10.9 Å². The summed E-state index contributed by atoms with van der Waals surface area (Å²) < 4.78 is 43.0. The lowest BCUT2D eigenvalue weighted by atomic mass is 10.0. The zero-order valence-electron chi connectivity index (χ0n) is 21.2. The molecule has 4 atom stereocenters. The first-order valence-electron chi connectivity index (χ1n) is 12.0. The molecule has 0 aliphatic heterocycles. The van der Waals surface area contributed by atoms with E-state index in [1.807, 2.05) is 6.92 Å². The number of aliphatic imine (C=N–C) groups is 1. The highest BCUT2D eigenvalue weighted by Gasteiger charge is 2.51. The summed E-state index contributed by atoms with van der Waals surface area (Å²) in [6.45, 7) is 6.93. The predicted molar refractivity (Wildman–Crippen MR) is 141 cm³/mol. The third-order valence-electron chi connectivity index (χ3n) is 6.60. The number of rotatable bonds is 7. The van der Waals surface area contributed by atoms with Gasteiger partial charge < -0.3 is 5.11 Å². The standard InChI is InChI=1S/C28H26ClF3N4O2/c1-5-8-33-22(23-6-9-34-27(35-23)16(4)37)7-10-36-14(2)11-18(26(29)28(36)38)25-15(3)24(25)17-12-20(31)21(32)13-19(17)30/h5-13,15-16,24-25,37H,1-4H3/b8-5+,10-7+,33-22-. The Bertz CT molecular complexity index is 1530. The fourth-order valence-corrected chi connectivity index (χ4v) is 4.87. The van der Waals surface area contributed by atoms with Crippen molar-refractivity contribution in [1.82, 2.24) is 14.5 Å². The van der Waals surface area contributed by atoms with Crippen LogP contribution in [0.5, 0.6) is 0 Å². The predicted octanol–water partition coefficient (Wildman–Crippen LogP) is 6.08. The van der Waals surface area contributed by atoms with E-state index in [0.29, 0.717) is 28.7 Å². The average molecular weight is 543 g/mol. The summed E-state index contributed by atoms with van der Waals surface area (Å²) >= 11 is 6.51. The van der Waals surface area contributed by atoms with E-state index in [0.717, 1.165) is 6.07 Å². The maximum Gasteiger partial charge on any atom is 0.273 e. The summed E-state index contributed by atoms with van der Waals surface area (Å²) in [6.07, 6.45) is 7.06. The number of aliphatic hydroxyl groups is 1. The van der Waals surface area contributed by atoms with Crippen molar-refractivity contribution < 1.29 is 18.3 Å². The van der Waals surface area contributed by atoms with Crippen molar-refractivity contribution in [3.8, 4) is 0 Å². The molecule has 1 aromatic carbocycles. The third kappa shape index (κ3) is 5.35.